The highest BCUT2D eigenvalue weighted by atomic mass is 32.2. The van der Waals surface area contributed by atoms with Crippen molar-refractivity contribution in [3.63, 3.8) is 0 Å². The van der Waals surface area contributed by atoms with Gasteiger partial charge < -0.3 is 4.74 Å². The molecule has 0 saturated heterocycles. The van der Waals surface area contributed by atoms with Crippen molar-refractivity contribution in [3.05, 3.63) is 43.0 Å². The lowest BCUT2D eigenvalue weighted by atomic mass is 10.2. The van der Waals surface area contributed by atoms with Crippen LogP contribution in [0.15, 0.2) is 48.1 Å². The molecule has 1 aromatic heterocycles. The minimum absolute atomic E-state index is 0.283. The molecule has 21 heavy (non-hydrogen) atoms. The summed E-state index contributed by atoms with van der Waals surface area (Å²) < 4.78 is 6.68. The van der Waals surface area contributed by atoms with Crippen molar-refractivity contribution in [1.82, 2.24) is 14.8 Å². The summed E-state index contributed by atoms with van der Waals surface area (Å²) in [5.41, 5.74) is 0.976. The number of aromatic nitrogens is 3. The average molecular weight is 303 g/mol. The van der Waals surface area contributed by atoms with Gasteiger partial charge in [0.15, 0.2) is 11.0 Å². The Balaban J connectivity index is 2.33. The third kappa shape index (κ3) is 3.52. The van der Waals surface area contributed by atoms with Gasteiger partial charge in [-0.3, -0.25) is 9.36 Å². The molecule has 0 spiro atoms. The van der Waals surface area contributed by atoms with Gasteiger partial charge in [0, 0.05) is 12.1 Å². The van der Waals surface area contributed by atoms with Crippen LogP contribution in [0.4, 0.5) is 0 Å². The normalized spacial score (nSPS) is 11.9. The molecule has 6 heteroatoms. The van der Waals surface area contributed by atoms with Crippen LogP contribution in [-0.4, -0.2) is 33.1 Å². The van der Waals surface area contributed by atoms with Crippen LogP contribution < -0.4 is 0 Å². The highest BCUT2D eigenvalue weighted by molar-refractivity contribution is 8.00. The lowest BCUT2D eigenvalue weighted by Gasteiger charge is -2.10. The number of methoxy groups -OCH3 is 1. The molecule has 0 amide bonds. The van der Waals surface area contributed by atoms with E-state index in [1.165, 1.54) is 18.9 Å². The molecular weight excluding hydrogens is 286 g/mol. The number of carbonyl (C=O) groups excluding carboxylic acids is 1. The number of thioether (sulfide) groups is 1. The fourth-order valence-electron chi connectivity index (χ4n) is 1.84. The maximum atomic E-state index is 11.5. The highest BCUT2D eigenvalue weighted by Gasteiger charge is 2.20. The van der Waals surface area contributed by atoms with Crippen molar-refractivity contribution in [2.24, 2.45) is 0 Å². The van der Waals surface area contributed by atoms with E-state index in [1.54, 1.807) is 13.0 Å². The molecule has 1 atom stereocenters. The predicted molar refractivity (Wildman–Crippen MR) is 83.0 cm³/mol. The second-order valence-electron chi connectivity index (χ2n) is 4.35. The SMILES string of the molecule is C=CCn1c(SC(C)C(=O)OC)nnc1-c1ccccc1. The number of rotatable bonds is 6. The Morgan fingerprint density at radius 3 is 2.76 bits per heavy atom. The van der Waals surface area contributed by atoms with Crippen molar-refractivity contribution >= 4 is 17.7 Å². The van der Waals surface area contributed by atoms with E-state index >= 15 is 0 Å². The van der Waals surface area contributed by atoms with Crippen LogP contribution in [-0.2, 0) is 16.1 Å². The topological polar surface area (TPSA) is 57.0 Å². The Morgan fingerprint density at radius 1 is 1.43 bits per heavy atom. The lowest BCUT2D eigenvalue weighted by Crippen LogP contribution is -2.15. The summed E-state index contributed by atoms with van der Waals surface area (Å²) in [5.74, 6) is 0.476. The van der Waals surface area contributed by atoms with Crippen LogP contribution >= 0.6 is 11.8 Å². The van der Waals surface area contributed by atoms with Crippen LogP contribution in [0.1, 0.15) is 6.92 Å². The second kappa shape index (κ2) is 7.08. The van der Waals surface area contributed by atoms with E-state index in [4.69, 9.17) is 4.74 Å². The van der Waals surface area contributed by atoms with Crippen molar-refractivity contribution in [2.75, 3.05) is 7.11 Å². The van der Waals surface area contributed by atoms with Gasteiger partial charge in [-0.1, -0.05) is 48.2 Å². The van der Waals surface area contributed by atoms with Gasteiger partial charge >= 0.3 is 5.97 Å². The zero-order chi connectivity index (χ0) is 15.2. The molecule has 1 heterocycles. The number of hydrogen-bond donors (Lipinski definition) is 0. The van der Waals surface area contributed by atoms with Gasteiger partial charge in [0.25, 0.3) is 0 Å². The molecule has 0 aliphatic heterocycles. The highest BCUT2D eigenvalue weighted by Crippen LogP contribution is 2.27. The molecule has 110 valence electrons. The van der Waals surface area contributed by atoms with E-state index in [1.807, 2.05) is 34.9 Å². The van der Waals surface area contributed by atoms with E-state index < -0.39 is 0 Å². The number of allylic oxidation sites excluding steroid dienone is 1. The third-order valence-electron chi connectivity index (χ3n) is 2.88. The van der Waals surface area contributed by atoms with E-state index in [2.05, 4.69) is 16.8 Å². The maximum absolute atomic E-state index is 11.5. The van der Waals surface area contributed by atoms with E-state index in [0.717, 1.165) is 11.4 Å². The number of benzene rings is 1. The number of nitrogens with zero attached hydrogens (tertiary/aromatic N) is 3. The molecule has 0 N–H and O–H groups in total. The van der Waals surface area contributed by atoms with Gasteiger partial charge in [-0.15, -0.1) is 16.8 Å². The second-order valence-corrected chi connectivity index (χ2v) is 5.66. The molecular formula is C15H17N3O2S. The molecule has 1 aromatic carbocycles. The quantitative estimate of drug-likeness (QED) is 0.466. The molecule has 2 aromatic rings. The molecule has 0 saturated carbocycles. The van der Waals surface area contributed by atoms with Crippen LogP contribution in [0, 0.1) is 0 Å². The molecule has 5 nitrogen and oxygen atoms in total. The lowest BCUT2D eigenvalue weighted by molar-refractivity contribution is -0.139. The molecule has 0 bridgehead atoms. The summed E-state index contributed by atoms with van der Waals surface area (Å²) in [6.07, 6.45) is 1.78. The van der Waals surface area contributed by atoms with Gasteiger partial charge in [-0.25, -0.2) is 0 Å². The minimum atomic E-state index is -0.341. The molecule has 0 aliphatic carbocycles. The fourth-order valence-corrected chi connectivity index (χ4v) is 2.73. The first-order valence-corrected chi connectivity index (χ1v) is 7.39. The summed E-state index contributed by atoms with van der Waals surface area (Å²) in [7, 11) is 1.38. The van der Waals surface area contributed by atoms with Gasteiger partial charge in [0.2, 0.25) is 0 Å². The fraction of sp³-hybridized carbons (Fsp3) is 0.267. The Morgan fingerprint density at radius 2 is 2.14 bits per heavy atom. The van der Waals surface area contributed by atoms with Crippen LogP contribution in [0.25, 0.3) is 11.4 Å². The largest absolute Gasteiger partial charge is 0.468 e. The number of hydrogen-bond acceptors (Lipinski definition) is 5. The van der Waals surface area contributed by atoms with E-state index in [9.17, 15) is 4.79 Å². The Bertz CT molecular complexity index is 625. The van der Waals surface area contributed by atoms with Gasteiger partial charge in [0.1, 0.15) is 5.25 Å². The smallest absolute Gasteiger partial charge is 0.318 e. The van der Waals surface area contributed by atoms with E-state index in [-0.39, 0.29) is 11.2 Å². The first-order valence-electron chi connectivity index (χ1n) is 6.51. The molecule has 0 fully saturated rings. The summed E-state index contributed by atoms with van der Waals surface area (Å²) in [6, 6.07) is 9.80. The first-order chi connectivity index (χ1) is 10.2. The monoisotopic (exact) mass is 303 g/mol. The summed E-state index contributed by atoms with van der Waals surface area (Å²) >= 11 is 1.33. The Labute approximate surface area is 128 Å². The van der Waals surface area contributed by atoms with Crippen LogP contribution in [0.3, 0.4) is 0 Å². The molecule has 1 unspecified atom stereocenters. The maximum Gasteiger partial charge on any atom is 0.318 e. The van der Waals surface area contributed by atoms with Gasteiger partial charge in [-0.05, 0) is 6.92 Å². The minimum Gasteiger partial charge on any atom is -0.468 e. The first kappa shape index (κ1) is 15.3. The summed E-state index contributed by atoms with van der Waals surface area (Å²) in [5, 5.41) is 8.76. The number of esters is 1. The van der Waals surface area contributed by atoms with Crippen molar-refractivity contribution in [2.45, 2.75) is 23.9 Å². The molecule has 2 rings (SSSR count). The zero-order valence-electron chi connectivity index (χ0n) is 12.0. The average Bonchev–Trinajstić information content (AvgIpc) is 2.90. The standard InChI is InChI=1S/C15H17N3O2S/c1-4-10-18-13(12-8-6-5-7-9-12)16-17-15(18)21-11(2)14(19)20-3/h4-9,11H,1,10H2,2-3H3. The van der Waals surface area contributed by atoms with Crippen molar-refractivity contribution in [3.8, 4) is 11.4 Å². The third-order valence-corrected chi connectivity index (χ3v) is 3.93. The Hall–Kier alpha value is -2.08. The van der Waals surface area contributed by atoms with Crippen LogP contribution in [0.5, 0.6) is 0 Å². The van der Waals surface area contributed by atoms with E-state index in [0.29, 0.717) is 11.7 Å². The van der Waals surface area contributed by atoms with Gasteiger partial charge in [-0.2, -0.15) is 0 Å². The predicted octanol–water partition coefficient (Wildman–Crippen LogP) is 2.78. The summed E-state index contributed by atoms with van der Waals surface area (Å²) in [6.45, 7) is 6.12. The van der Waals surface area contributed by atoms with Crippen LogP contribution in [0.2, 0.25) is 0 Å². The van der Waals surface area contributed by atoms with Crippen molar-refractivity contribution in [1.29, 1.82) is 0 Å². The van der Waals surface area contributed by atoms with Gasteiger partial charge in [0.05, 0.1) is 7.11 Å². The zero-order valence-corrected chi connectivity index (χ0v) is 12.8. The number of ether oxygens (including phenoxy) is 1. The number of carbonyl (C=O) groups is 1. The molecule has 0 radical (unpaired) electrons. The summed E-state index contributed by atoms with van der Waals surface area (Å²) in [4.78, 5) is 11.5. The molecule has 0 aliphatic rings. The van der Waals surface area contributed by atoms with Crippen molar-refractivity contribution < 1.29 is 9.53 Å². The Kier molecular flexibility index (Phi) is 5.16.